The number of hydrogen-bond donors (Lipinski definition) is 1. The third kappa shape index (κ3) is 6.98. The van der Waals surface area contributed by atoms with Crippen molar-refractivity contribution in [1.82, 2.24) is 5.32 Å². The van der Waals surface area contributed by atoms with Crippen LogP contribution in [0.15, 0.2) is 24.3 Å². The number of hydrogen-bond acceptors (Lipinski definition) is 7. The number of Topliss-reactive ketones (excluding diaryl/α,β-unsaturated/α-hetero) is 1. The van der Waals surface area contributed by atoms with E-state index in [2.05, 4.69) is 5.32 Å². The van der Waals surface area contributed by atoms with Gasteiger partial charge < -0.3 is 14.8 Å². The van der Waals surface area contributed by atoms with Crippen LogP contribution in [0.1, 0.15) is 38.1 Å². The van der Waals surface area contributed by atoms with Gasteiger partial charge in [0.05, 0.1) is 4.92 Å². The average Bonchev–Trinajstić information content (AvgIpc) is 2.50. The number of alkyl carbamates (subject to hydrolysis) is 1. The minimum atomic E-state index is -1.02. The summed E-state index contributed by atoms with van der Waals surface area (Å²) in [6.45, 7) is 5.80. The smallest absolute Gasteiger partial charge is 0.408 e. The van der Waals surface area contributed by atoms with Crippen LogP contribution in [-0.4, -0.2) is 41.0 Å². The van der Waals surface area contributed by atoms with E-state index in [0.717, 1.165) is 6.07 Å². The lowest BCUT2D eigenvalue weighted by molar-refractivity contribution is -0.384. The van der Waals surface area contributed by atoms with Gasteiger partial charge in [0.25, 0.3) is 5.69 Å². The zero-order chi connectivity index (χ0) is 19.2. The summed E-state index contributed by atoms with van der Waals surface area (Å²) < 4.78 is 9.82. The molecule has 1 amide bonds. The predicted octanol–water partition coefficient (Wildman–Crippen LogP) is 2.23. The van der Waals surface area contributed by atoms with Gasteiger partial charge in [0.1, 0.15) is 11.6 Å². The molecule has 0 saturated heterocycles. The lowest BCUT2D eigenvalue weighted by atomic mass is 10.1. The first-order chi connectivity index (χ1) is 11.5. The van der Waals surface area contributed by atoms with Gasteiger partial charge in [-0.2, -0.15) is 0 Å². The van der Waals surface area contributed by atoms with Crippen LogP contribution in [0, 0.1) is 10.1 Å². The third-order valence-electron chi connectivity index (χ3n) is 2.81. The molecule has 1 aromatic carbocycles. The van der Waals surface area contributed by atoms with E-state index in [1.54, 1.807) is 20.8 Å². The molecular weight excluding hydrogens is 332 g/mol. The zero-order valence-electron chi connectivity index (χ0n) is 14.4. The molecule has 1 aromatic rings. The van der Waals surface area contributed by atoms with Gasteiger partial charge in [-0.05, 0) is 27.7 Å². The molecule has 25 heavy (non-hydrogen) atoms. The minimum absolute atomic E-state index is 0.0507. The summed E-state index contributed by atoms with van der Waals surface area (Å²) in [6.07, 6.45) is -0.790. The van der Waals surface area contributed by atoms with Crippen LogP contribution in [0.2, 0.25) is 0 Å². The van der Waals surface area contributed by atoms with E-state index in [9.17, 15) is 24.5 Å². The summed E-state index contributed by atoms with van der Waals surface area (Å²) in [4.78, 5) is 45.4. The van der Waals surface area contributed by atoms with Crippen molar-refractivity contribution in [2.75, 3.05) is 6.61 Å². The number of esters is 1. The van der Waals surface area contributed by atoms with Gasteiger partial charge in [0.15, 0.2) is 6.61 Å². The Labute approximate surface area is 144 Å². The van der Waals surface area contributed by atoms with Crippen LogP contribution in [0.25, 0.3) is 0 Å². The fourth-order valence-electron chi connectivity index (χ4n) is 1.68. The molecule has 0 radical (unpaired) electrons. The Bertz CT molecular complexity index is 679. The number of ketones is 1. The second kappa shape index (κ2) is 8.22. The first kappa shape index (κ1) is 20.1. The molecule has 1 N–H and O–H groups in total. The highest BCUT2D eigenvalue weighted by atomic mass is 16.6. The molecular formula is C16H20N2O7. The number of nitro benzene ring substituents is 1. The van der Waals surface area contributed by atoms with E-state index in [4.69, 9.17) is 9.47 Å². The molecule has 0 heterocycles. The highest BCUT2D eigenvalue weighted by Crippen LogP contribution is 2.13. The van der Waals surface area contributed by atoms with Crippen molar-refractivity contribution in [3.8, 4) is 0 Å². The number of nitrogens with zero attached hydrogens (tertiary/aromatic N) is 1. The van der Waals surface area contributed by atoms with Crippen molar-refractivity contribution < 1.29 is 28.8 Å². The molecule has 136 valence electrons. The van der Waals surface area contributed by atoms with Gasteiger partial charge in [-0.3, -0.25) is 14.9 Å². The van der Waals surface area contributed by atoms with Crippen LogP contribution >= 0.6 is 0 Å². The first-order valence-corrected chi connectivity index (χ1v) is 7.43. The molecule has 1 rings (SSSR count). The number of carbonyl (C=O) groups excluding carboxylic acids is 3. The van der Waals surface area contributed by atoms with E-state index in [0.29, 0.717) is 0 Å². The molecule has 0 fully saturated rings. The molecule has 0 aliphatic heterocycles. The molecule has 0 bridgehead atoms. The Kier molecular flexibility index (Phi) is 6.60. The van der Waals surface area contributed by atoms with Crippen molar-refractivity contribution in [3.05, 3.63) is 39.9 Å². The number of nitro groups is 1. The van der Waals surface area contributed by atoms with Crippen molar-refractivity contribution in [2.24, 2.45) is 0 Å². The maximum absolute atomic E-state index is 11.9. The SMILES string of the molecule is C[C@H](NC(=O)OC(C)(C)C)C(=O)OCC(=O)c1cccc([N+](=O)[O-])c1. The molecule has 0 saturated carbocycles. The van der Waals surface area contributed by atoms with E-state index in [1.807, 2.05) is 0 Å². The molecule has 0 aliphatic carbocycles. The Morgan fingerprint density at radius 3 is 2.48 bits per heavy atom. The van der Waals surface area contributed by atoms with Crippen molar-refractivity contribution in [1.29, 1.82) is 0 Å². The maximum atomic E-state index is 11.9. The molecule has 1 atom stereocenters. The van der Waals surface area contributed by atoms with E-state index in [1.165, 1.54) is 25.1 Å². The standard InChI is InChI=1S/C16H20N2O7/c1-10(17-15(21)25-16(2,3)4)14(20)24-9-13(19)11-6-5-7-12(8-11)18(22)23/h5-8,10H,9H2,1-4H3,(H,17,21)/t10-/m0/s1. The summed E-state index contributed by atoms with van der Waals surface area (Å²) >= 11 is 0. The van der Waals surface area contributed by atoms with Gasteiger partial charge in [0, 0.05) is 17.7 Å². The normalized spacial score (nSPS) is 12.0. The second-order valence-electron chi connectivity index (χ2n) is 6.21. The van der Waals surface area contributed by atoms with Gasteiger partial charge >= 0.3 is 12.1 Å². The fraction of sp³-hybridized carbons (Fsp3) is 0.438. The number of ether oxygens (including phenoxy) is 2. The summed E-state index contributed by atoms with van der Waals surface area (Å²) in [5.41, 5.74) is -0.905. The van der Waals surface area contributed by atoms with Crippen LogP contribution in [0.3, 0.4) is 0 Å². The topological polar surface area (TPSA) is 125 Å². The summed E-state index contributed by atoms with van der Waals surface area (Å²) in [5.74, 6) is -1.42. The van der Waals surface area contributed by atoms with Crippen LogP contribution < -0.4 is 5.32 Å². The Hall–Kier alpha value is -2.97. The summed E-state index contributed by atoms with van der Waals surface area (Å²) in [6, 6.07) is 4.06. The number of amides is 1. The van der Waals surface area contributed by atoms with Crippen molar-refractivity contribution in [2.45, 2.75) is 39.3 Å². The quantitative estimate of drug-likeness (QED) is 0.360. The Balaban J connectivity index is 2.55. The summed E-state index contributed by atoms with van der Waals surface area (Å²) in [5, 5.41) is 13.0. The zero-order valence-corrected chi connectivity index (χ0v) is 14.4. The molecule has 9 heteroatoms. The lowest BCUT2D eigenvalue weighted by Crippen LogP contribution is -2.42. The third-order valence-corrected chi connectivity index (χ3v) is 2.81. The fourth-order valence-corrected chi connectivity index (χ4v) is 1.68. The molecule has 0 spiro atoms. The Morgan fingerprint density at radius 2 is 1.92 bits per heavy atom. The predicted molar refractivity (Wildman–Crippen MR) is 87.2 cm³/mol. The molecule has 9 nitrogen and oxygen atoms in total. The number of nitrogens with one attached hydrogen (secondary N) is 1. The minimum Gasteiger partial charge on any atom is -0.456 e. The second-order valence-corrected chi connectivity index (χ2v) is 6.21. The van der Waals surface area contributed by atoms with Crippen LogP contribution in [0.4, 0.5) is 10.5 Å². The van der Waals surface area contributed by atoms with Gasteiger partial charge in [-0.25, -0.2) is 9.59 Å². The van der Waals surface area contributed by atoms with E-state index in [-0.39, 0.29) is 11.3 Å². The number of non-ortho nitro benzene ring substituents is 1. The number of benzene rings is 1. The van der Waals surface area contributed by atoms with Crippen LogP contribution in [0.5, 0.6) is 0 Å². The number of carbonyl (C=O) groups is 3. The summed E-state index contributed by atoms with van der Waals surface area (Å²) in [7, 11) is 0. The Morgan fingerprint density at radius 1 is 1.28 bits per heavy atom. The van der Waals surface area contributed by atoms with Gasteiger partial charge in [-0.15, -0.1) is 0 Å². The van der Waals surface area contributed by atoms with Crippen molar-refractivity contribution >= 4 is 23.5 Å². The first-order valence-electron chi connectivity index (χ1n) is 7.43. The molecule has 0 aromatic heterocycles. The van der Waals surface area contributed by atoms with Gasteiger partial charge in [0.2, 0.25) is 5.78 Å². The van der Waals surface area contributed by atoms with E-state index < -0.39 is 41.0 Å². The highest BCUT2D eigenvalue weighted by molar-refractivity contribution is 5.98. The number of rotatable bonds is 6. The van der Waals surface area contributed by atoms with Crippen LogP contribution in [-0.2, 0) is 14.3 Å². The molecule has 0 unspecified atom stereocenters. The lowest BCUT2D eigenvalue weighted by Gasteiger charge is -2.21. The highest BCUT2D eigenvalue weighted by Gasteiger charge is 2.22. The molecule has 0 aliphatic rings. The maximum Gasteiger partial charge on any atom is 0.408 e. The van der Waals surface area contributed by atoms with E-state index >= 15 is 0 Å². The largest absolute Gasteiger partial charge is 0.456 e. The average molecular weight is 352 g/mol. The van der Waals surface area contributed by atoms with Crippen molar-refractivity contribution in [3.63, 3.8) is 0 Å². The monoisotopic (exact) mass is 352 g/mol. The van der Waals surface area contributed by atoms with Gasteiger partial charge in [-0.1, -0.05) is 12.1 Å².